The van der Waals surface area contributed by atoms with Crippen molar-refractivity contribution in [2.45, 2.75) is 12.5 Å². The molecule has 0 saturated carbocycles. The maximum absolute atomic E-state index is 5.53. The van der Waals surface area contributed by atoms with Crippen LogP contribution in [0.25, 0.3) is 0 Å². The molecule has 0 spiro atoms. The van der Waals surface area contributed by atoms with Crippen LogP contribution in [-0.2, 0) is 4.18 Å². The molecule has 1 rings (SSSR count). The van der Waals surface area contributed by atoms with Gasteiger partial charge in [-0.1, -0.05) is 0 Å². The van der Waals surface area contributed by atoms with Crippen LogP contribution in [0.15, 0.2) is 0 Å². The topological polar surface area (TPSA) is 35.2 Å². The van der Waals surface area contributed by atoms with Gasteiger partial charge < -0.3 is 9.92 Å². The summed E-state index contributed by atoms with van der Waals surface area (Å²) in [6, 6.07) is 0.374. The van der Waals surface area contributed by atoms with E-state index in [4.69, 9.17) is 9.92 Å². The maximum atomic E-state index is 5.53. The van der Waals surface area contributed by atoms with Crippen molar-refractivity contribution in [1.29, 1.82) is 0 Å². The summed E-state index contributed by atoms with van der Waals surface area (Å²) in [6.07, 6.45) is 1.02. The lowest BCUT2D eigenvalue weighted by molar-refractivity contribution is 0.331. The second-order valence-electron chi connectivity index (χ2n) is 1.66. The monoisotopic (exact) mass is 119 g/mol. The third-order valence-corrected chi connectivity index (χ3v) is 1.83. The average molecular weight is 119 g/mol. The van der Waals surface area contributed by atoms with Crippen molar-refractivity contribution in [2.75, 3.05) is 12.4 Å². The van der Waals surface area contributed by atoms with Gasteiger partial charge >= 0.3 is 0 Å². The zero-order valence-corrected chi connectivity index (χ0v) is 4.91. The lowest BCUT2D eigenvalue weighted by Crippen LogP contribution is -2.27. The molecule has 0 radical (unpaired) electrons. The summed E-state index contributed by atoms with van der Waals surface area (Å²) in [5.74, 6) is 0.958. The maximum Gasteiger partial charge on any atom is 0.0628 e. The molecule has 1 aliphatic heterocycles. The van der Waals surface area contributed by atoms with Gasteiger partial charge in [0, 0.05) is 11.8 Å². The van der Waals surface area contributed by atoms with Crippen LogP contribution in [0.2, 0.25) is 0 Å². The van der Waals surface area contributed by atoms with E-state index in [-0.39, 0.29) is 0 Å². The van der Waals surface area contributed by atoms with Crippen molar-refractivity contribution in [2.24, 2.45) is 5.73 Å². The van der Waals surface area contributed by atoms with Gasteiger partial charge in [-0.3, -0.25) is 0 Å². The Hall–Kier alpha value is 0.270. The lowest BCUT2D eigenvalue weighted by atomic mass is 10.3. The third kappa shape index (κ3) is 1.67. The molecule has 1 unspecified atom stereocenters. The quantitative estimate of drug-likeness (QED) is 0.468. The Morgan fingerprint density at radius 1 is 1.71 bits per heavy atom. The van der Waals surface area contributed by atoms with E-state index in [9.17, 15) is 0 Å². The van der Waals surface area contributed by atoms with E-state index in [1.165, 1.54) is 12.0 Å². The highest BCUT2D eigenvalue weighted by Crippen LogP contribution is 2.12. The highest BCUT2D eigenvalue weighted by molar-refractivity contribution is 7.94. The summed E-state index contributed by atoms with van der Waals surface area (Å²) in [4.78, 5) is 0. The standard InChI is InChI=1S/C4H9NOS/c5-4-1-2-6-7-3-4/h4H,1-3,5H2. The zero-order chi connectivity index (χ0) is 5.11. The van der Waals surface area contributed by atoms with E-state index < -0.39 is 0 Å². The van der Waals surface area contributed by atoms with Crippen LogP contribution in [0.3, 0.4) is 0 Å². The summed E-state index contributed by atoms with van der Waals surface area (Å²) in [6.45, 7) is 0.825. The third-order valence-electron chi connectivity index (χ3n) is 0.937. The van der Waals surface area contributed by atoms with E-state index >= 15 is 0 Å². The predicted octanol–water partition coefficient (Wildman–Crippen LogP) is 0.382. The van der Waals surface area contributed by atoms with Crippen LogP contribution in [0.1, 0.15) is 6.42 Å². The van der Waals surface area contributed by atoms with Crippen LogP contribution in [0.4, 0.5) is 0 Å². The Morgan fingerprint density at radius 2 is 2.57 bits per heavy atom. The number of nitrogens with two attached hydrogens (primary N) is 1. The van der Waals surface area contributed by atoms with Gasteiger partial charge in [0.15, 0.2) is 0 Å². The first-order valence-electron chi connectivity index (χ1n) is 2.39. The molecule has 0 aromatic heterocycles. The Balaban J connectivity index is 2.12. The number of hydrogen-bond donors (Lipinski definition) is 1. The SMILES string of the molecule is NC1CCOSC1. The highest BCUT2D eigenvalue weighted by Gasteiger charge is 2.07. The fourth-order valence-electron chi connectivity index (χ4n) is 0.477. The van der Waals surface area contributed by atoms with Gasteiger partial charge in [0.05, 0.1) is 6.61 Å². The molecule has 7 heavy (non-hydrogen) atoms. The van der Waals surface area contributed by atoms with Gasteiger partial charge in [0.25, 0.3) is 0 Å². The van der Waals surface area contributed by atoms with Gasteiger partial charge in [-0.15, -0.1) is 0 Å². The number of hydrogen-bond acceptors (Lipinski definition) is 3. The van der Waals surface area contributed by atoms with Gasteiger partial charge in [-0.2, -0.15) is 0 Å². The molecule has 1 heterocycles. The van der Waals surface area contributed by atoms with Crippen LogP contribution < -0.4 is 5.73 Å². The minimum Gasteiger partial charge on any atom is -0.327 e. The van der Waals surface area contributed by atoms with Crippen LogP contribution in [0, 0.1) is 0 Å². The second kappa shape index (κ2) is 2.55. The van der Waals surface area contributed by atoms with Crippen LogP contribution in [0.5, 0.6) is 0 Å². The first-order valence-corrected chi connectivity index (χ1v) is 3.30. The molecule has 1 fully saturated rings. The Bertz CT molecular complexity index is 53.7. The van der Waals surface area contributed by atoms with Crippen molar-refractivity contribution in [3.63, 3.8) is 0 Å². The summed E-state index contributed by atoms with van der Waals surface area (Å²) in [7, 11) is 0. The summed E-state index contributed by atoms with van der Waals surface area (Å²) in [5, 5.41) is 0. The van der Waals surface area contributed by atoms with Crippen molar-refractivity contribution < 1.29 is 4.18 Å². The van der Waals surface area contributed by atoms with Crippen LogP contribution in [-0.4, -0.2) is 18.4 Å². The minimum atomic E-state index is 0.374. The fourth-order valence-corrected chi connectivity index (χ4v) is 1.13. The van der Waals surface area contributed by atoms with Crippen LogP contribution >= 0.6 is 12.0 Å². The van der Waals surface area contributed by atoms with Crippen molar-refractivity contribution in [3.8, 4) is 0 Å². The smallest absolute Gasteiger partial charge is 0.0628 e. The Kier molecular flexibility index (Phi) is 1.97. The van der Waals surface area contributed by atoms with E-state index in [1.807, 2.05) is 0 Å². The molecule has 1 atom stereocenters. The predicted molar refractivity (Wildman–Crippen MR) is 31.0 cm³/mol. The molecule has 0 bridgehead atoms. The molecule has 2 nitrogen and oxygen atoms in total. The number of rotatable bonds is 0. The Labute approximate surface area is 47.6 Å². The fraction of sp³-hybridized carbons (Fsp3) is 1.00. The zero-order valence-electron chi connectivity index (χ0n) is 4.09. The van der Waals surface area contributed by atoms with E-state index in [2.05, 4.69) is 0 Å². The van der Waals surface area contributed by atoms with E-state index in [0.717, 1.165) is 18.8 Å². The first-order chi connectivity index (χ1) is 3.39. The van der Waals surface area contributed by atoms with Crippen molar-refractivity contribution in [1.82, 2.24) is 0 Å². The van der Waals surface area contributed by atoms with Crippen molar-refractivity contribution in [3.05, 3.63) is 0 Å². The summed E-state index contributed by atoms with van der Waals surface area (Å²) < 4.78 is 4.98. The van der Waals surface area contributed by atoms with Crippen molar-refractivity contribution >= 4 is 12.0 Å². The molecule has 1 saturated heterocycles. The molecular formula is C4H9NOS. The largest absolute Gasteiger partial charge is 0.327 e. The molecule has 3 heteroatoms. The average Bonchev–Trinajstić information content (AvgIpc) is 1.69. The second-order valence-corrected chi connectivity index (χ2v) is 2.46. The molecule has 1 aliphatic rings. The van der Waals surface area contributed by atoms with E-state index in [0.29, 0.717) is 6.04 Å². The van der Waals surface area contributed by atoms with Gasteiger partial charge in [-0.25, -0.2) is 0 Å². The van der Waals surface area contributed by atoms with E-state index in [1.54, 1.807) is 0 Å². The van der Waals surface area contributed by atoms with Gasteiger partial charge in [-0.05, 0) is 18.5 Å². The first kappa shape index (κ1) is 5.41. The van der Waals surface area contributed by atoms with Gasteiger partial charge in [0.1, 0.15) is 0 Å². The molecule has 0 aromatic rings. The normalized spacial score (nSPS) is 33.0. The molecular weight excluding hydrogens is 110 g/mol. The lowest BCUT2D eigenvalue weighted by Gasteiger charge is -2.15. The molecule has 42 valence electrons. The molecule has 0 amide bonds. The summed E-state index contributed by atoms with van der Waals surface area (Å²) in [5.41, 5.74) is 5.53. The highest BCUT2D eigenvalue weighted by atomic mass is 32.2. The Morgan fingerprint density at radius 3 is 2.86 bits per heavy atom. The summed E-state index contributed by atoms with van der Waals surface area (Å²) >= 11 is 1.48. The van der Waals surface area contributed by atoms with Gasteiger partial charge in [0.2, 0.25) is 0 Å². The molecule has 2 N–H and O–H groups in total. The molecule has 0 aromatic carbocycles. The minimum absolute atomic E-state index is 0.374. The molecule has 0 aliphatic carbocycles.